The molecule has 0 aliphatic heterocycles. The molecular weight excluding hydrogens is 336 g/mol. The van der Waals surface area contributed by atoms with Crippen LogP contribution in [0.5, 0.6) is 5.88 Å². The van der Waals surface area contributed by atoms with Crippen LogP contribution in [0.4, 0.5) is 5.95 Å². The predicted octanol–water partition coefficient (Wildman–Crippen LogP) is 2.34. The van der Waals surface area contributed by atoms with Gasteiger partial charge in [-0.3, -0.25) is 0 Å². The standard InChI is InChI=1S/C14H23BrN4O2/c1-20-13-12(15)9-18-14(19-13)17-7-2-8-21-11-5-3-10(16)4-6-11/h9-11H,2-8,16H2,1H3,(H,17,18,19). The molecule has 21 heavy (non-hydrogen) atoms. The van der Waals surface area contributed by atoms with Crippen LogP contribution in [0.2, 0.25) is 0 Å². The molecule has 0 bridgehead atoms. The first-order valence-electron chi connectivity index (χ1n) is 7.36. The summed E-state index contributed by atoms with van der Waals surface area (Å²) in [6, 6.07) is 0.371. The highest BCUT2D eigenvalue weighted by atomic mass is 79.9. The van der Waals surface area contributed by atoms with Crippen molar-refractivity contribution in [3.05, 3.63) is 10.7 Å². The zero-order valence-corrected chi connectivity index (χ0v) is 13.9. The molecule has 0 saturated heterocycles. The average Bonchev–Trinajstić information content (AvgIpc) is 2.50. The fraction of sp³-hybridized carbons (Fsp3) is 0.714. The SMILES string of the molecule is COc1nc(NCCCOC2CCC(N)CC2)ncc1Br. The first-order chi connectivity index (χ1) is 10.2. The van der Waals surface area contributed by atoms with E-state index in [4.69, 9.17) is 15.2 Å². The molecule has 118 valence electrons. The van der Waals surface area contributed by atoms with Gasteiger partial charge in [0.15, 0.2) is 0 Å². The van der Waals surface area contributed by atoms with Crippen molar-refractivity contribution in [1.29, 1.82) is 0 Å². The maximum absolute atomic E-state index is 5.88. The lowest BCUT2D eigenvalue weighted by Crippen LogP contribution is -2.30. The molecule has 6 nitrogen and oxygen atoms in total. The molecular formula is C14H23BrN4O2. The lowest BCUT2D eigenvalue weighted by molar-refractivity contribution is 0.0251. The summed E-state index contributed by atoms with van der Waals surface area (Å²) in [4.78, 5) is 8.42. The van der Waals surface area contributed by atoms with E-state index in [9.17, 15) is 0 Å². The molecule has 0 unspecified atom stereocenters. The molecule has 0 atom stereocenters. The average molecular weight is 359 g/mol. The van der Waals surface area contributed by atoms with E-state index >= 15 is 0 Å². The van der Waals surface area contributed by atoms with Gasteiger partial charge in [0.1, 0.15) is 0 Å². The van der Waals surface area contributed by atoms with Gasteiger partial charge in [-0.1, -0.05) is 0 Å². The summed E-state index contributed by atoms with van der Waals surface area (Å²) in [6.07, 6.45) is 7.31. The highest BCUT2D eigenvalue weighted by Gasteiger charge is 2.18. The van der Waals surface area contributed by atoms with Crippen LogP contribution in [0.1, 0.15) is 32.1 Å². The maximum Gasteiger partial charge on any atom is 0.232 e. The first-order valence-corrected chi connectivity index (χ1v) is 8.16. The second-order valence-corrected chi connectivity index (χ2v) is 6.09. The number of halogens is 1. The minimum Gasteiger partial charge on any atom is -0.480 e. The first kappa shape index (κ1) is 16.5. The molecule has 0 spiro atoms. The van der Waals surface area contributed by atoms with Crippen LogP contribution in [0.15, 0.2) is 10.7 Å². The largest absolute Gasteiger partial charge is 0.480 e. The Hall–Kier alpha value is -0.920. The van der Waals surface area contributed by atoms with Crippen molar-refractivity contribution < 1.29 is 9.47 Å². The Labute approximate surface area is 133 Å². The van der Waals surface area contributed by atoms with E-state index in [-0.39, 0.29) is 0 Å². The van der Waals surface area contributed by atoms with Crippen LogP contribution in [0, 0.1) is 0 Å². The normalized spacial score (nSPS) is 22.0. The monoisotopic (exact) mass is 358 g/mol. The van der Waals surface area contributed by atoms with Crippen molar-refractivity contribution in [1.82, 2.24) is 9.97 Å². The van der Waals surface area contributed by atoms with Gasteiger partial charge in [-0.05, 0) is 48.0 Å². The molecule has 3 N–H and O–H groups in total. The Balaban J connectivity index is 1.61. The van der Waals surface area contributed by atoms with Crippen LogP contribution >= 0.6 is 15.9 Å². The van der Waals surface area contributed by atoms with Crippen molar-refractivity contribution >= 4 is 21.9 Å². The summed E-state index contributed by atoms with van der Waals surface area (Å²) in [5.41, 5.74) is 5.88. The molecule has 1 aliphatic carbocycles. The Bertz CT molecular complexity index is 439. The van der Waals surface area contributed by atoms with Crippen LogP contribution in [-0.2, 0) is 4.74 Å². The molecule has 1 heterocycles. The highest BCUT2D eigenvalue weighted by Crippen LogP contribution is 2.22. The predicted molar refractivity (Wildman–Crippen MR) is 85.6 cm³/mol. The second kappa shape index (κ2) is 8.51. The number of nitrogens with zero attached hydrogens (tertiary/aromatic N) is 2. The fourth-order valence-electron chi connectivity index (χ4n) is 2.36. The smallest absolute Gasteiger partial charge is 0.232 e. The van der Waals surface area contributed by atoms with E-state index in [1.807, 2.05) is 0 Å². The van der Waals surface area contributed by atoms with Gasteiger partial charge in [0, 0.05) is 19.2 Å². The molecule has 7 heteroatoms. The van der Waals surface area contributed by atoms with Gasteiger partial charge in [0.05, 0.1) is 23.9 Å². The van der Waals surface area contributed by atoms with Crippen molar-refractivity contribution in [2.75, 3.05) is 25.6 Å². The number of aromatic nitrogens is 2. The van der Waals surface area contributed by atoms with Crippen molar-refractivity contribution in [2.24, 2.45) is 5.73 Å². The third-order valence-corrected chi connectivity index (χ3v) is 4.13. The lowest BCUT2D eigenvalue weighted by atomic mass is 9.94. The van der Waals surface area contributed by atoms with E-state index in [2.05, 4.69) is 31.2 Å². The summed E-state index contributed by atoms with van der Waals surface area (Å²) in [6.45, 7) is 1.53. The summed E-state index contributed by atoms with van der Waals surface area (Å²) < 4.78 is 11.7. The lowest BCUT2D eigenvalue weighted by Gasteiger charge is -2.26. The number of hydrogen-bond donors (Lipinski definition) is 2. The summed E-state index contributed by atoms with van der Waals surface area (Å²) in [5.74, 6) is 1.10. The van der Waals surface area contributed by atoms with Gasteiger partial charge in [-0.25, -0.2) is 4.98 Å². The molecule has 1 aliphatic rings. The number of rotatable bonds is 7. The van der Waals surface area contributed by atoms with E-state index in [0.29, 0.717) is 24.0 Å². The van der Waals surface area contributed by atoms with Crippen molar-refractivity contribution in [3.8, 4) is 5.88 Å². The van der Waals surface area contributed by atoms with Crippen LogP contribution in [0.3, 0.4) is 0 Å². The molecule has 0 radical (unpaired) electrons. The van der Waals surface area contributed by atoms with Gasteiger partial charge >= 0.3 is 0 Å². The Morgan fingerprint density at radius 2 is 2.14 bits per heavy atom. The van der Waals surface area contributed by atoms with Crippen molar-refractivity contribution in [2.45, 2.75) is 44.2 Å². The van der Waals surface area contributed by atoms with Gasteiger partial charge in [-0.15, -0.1) is 0 Å². The summed E-state index contributed by atoms with van der Waals surface area (Å²) >= 11 is 3.33. The van der Waals surface area contributed by atoms with Crippen LogP contribution in [-0.4, -0.2) is 42.4 Å². The molecule has 1 fully saturated rings. The Morgan fingerprint density at radius 1 is 1.38 bits per heavy atom. The minimum absolute atomic E-state index is 0.371. The number of anilines is 1. The zero-order chi connectivity index (χ0) is 15.1. The number of methoxy groups -OCH3 is 1. The van der Waals surface area contributed by atoms with Gasteiger partial charge < -0.3 is 20.5 Å². The zero-order valence-electron chi connectivity index (χ0n) is 12.3. The third kappa shape index (κ3) is 5.41. The van der Waals surface area contributed by atoms with E-state index in [1.54, 1.807) is 13.3 Å². The molecule has 1 aromatic heterocycles. The number of hydrogen-bond acceptors (Lipinski definition) is 6. The minimum atomic E-state index is 0.371. The number of nitrogens with two attached hydrogens (primary N) is 1. The van der Waals surface area contributed by atoms with Crippen molar-refractivity contribution in [3.63, 3.8) is 0 Å². The van der Waals surface area contributed by atoms with E-state index in [1.165, 1.54) is 0 Å². The highest BCUT2D eigenvalue weighted by molar-refractivity contribution is 9.10. The molecule has 0 aromatic carbocycles. The van der Waals surface area contributed by atoms with E-state index < -0.39 is 0 Å². The van der Waals surface area contributed by atoms with Crippen LogP contribution in [0.25, 0.3) is 0 Å². The molecule has 1 aromatic rings. The summed E-state index contributed by atoms with van der Waals surface area (Å²) in [5, 5.41) is 3.17. The Kier molecular flexibility index (Phi) is 6.66. The van der Waals surface area contributed by atoms with Crippen LogP contribution < -0.4 is 15.8 Å². The van der Waals surface area contributed by atoms with Gasteiger partial charge in [0.2, 0.25) is 11.8 Å². The topological polar surface area (TPSA) is 82.3 Å². The molecule has 0 amide bonds. The van der Waals surface area contributed by atoms with E-state index in [0.717, 1.165) is 49.7 Å². The molecule has 1 saturated carbocycles. The fourth-order valence-corrected chi connectivity index (χ4v) is 2.71. The van der Waals surface area contributed by atoms with Gasteiger partial charge in [0.25, 0.3) is 0 Å². The third-order valence-electron chi connectivity index (χ3n) is 3.58. The second-order valence-electron chi connectivity index (χ2n) is 5.24. The quantitative estimate of drug-likeness (QED) is 0.728. The summed E-state index contributed by atoms with van der Waals surface area (Å²) in [7, 11) is 1.58. The Morgan fingerprint density at radius 3 is 2.86 bits per heavy atom. The number of ether oxygens (including phenoxy) is 2. The number of nitrogens with one attached hydrogen (secondary N) is 1. The van der Waals surface area contributed by atoms with Gasteiger partial charge in [-0.2, -0.15) is 4.98 Å². The maximum atomic E-state index is 5.88. The molecule has 2 rings (SSSR count).